The zero-order valence-corrected chi connectivity index (χ0v) is 14.9. The van der Waals surface area contributed by atoms with E-state index in [1.54, 1.807) is 12.1 Å². The van der Waals surface area contributed by atoms with Crippen LogP contribution < -0.4 is 5.32 Å². The second-order valence-corrected chi connectivity index (χ2v) is 6.78. The minimum atomic E-state index is -0.337. The van der Waals surface area contributed by atoms with Gasteiger partial charge in [-0.1, -0.05) is 18.2 Å². The smallest absolute Gasteiger partial charge is 0.238 e. The summed E-state index contributed by atoms with van der Waals surface area (Å²) in [4.78, 5) is 26.8. The van der Waals surface area contributed by atoms with E-state index in [4.69, 9.17) is 0 Å². The van der Waals surface area contributed by atoms with Crippen molar-refractivity contribution in [3.63, 3.8) is 0 Å². The molecule has 0 aliphatic carbocycles. The predicted molar refractivity (Wildman–Crippen MR) is 99.7 cm³/mol. The molecule has 0 spiro atoms. The second kappa shape index (κ2) is 8.23. The highest BCUT2D eigenvalue weighted by Crippen LogP contribution is 2.22. The summed E-state index contributed by atoms with van der Waals surface area (Å²) in [5.41, 5.74) is 2.42. The molecule has 2 aromatic carbocycles. The average Bonchev–Trinajstić information content (AvgIpc) is 2.64. The second-order valence-electron chi connectivity index (χ2n) is 6.78. The fourth-order valence-corrected chi connectivity index (χ4v) is 3.31. The number of nitrogens with zero attached hydrogens (tertiary/aromatic N) is 1. The van der Waals surface area contributed by atoms with Crippen LogP contribution in [0.1, 0.15) is 28.8 Å². The molecule has 0 bridgehead atoms. The first-order valence-electron chi connectivity index (χ1n) is 8.90. The van der Waals surface area contributed by atoms with Gasteiger partial charge in [-0.25, -0.2) is 4.39 Å². The highest BCUT2D eigenvalue weighted by atomic mass is 19.1. The molecule has 1 amide bonds. The van der Waals surface area contributed by atoms with Crippen molar-refractivity contribution in [1.29, 1.82) is 0 Å². The first kappa shape index (κ1) is 18.3. The number of para-hydroxylation sites is 1. The number of amides is 1. The molecule has 1 saturated heterocycles. The standard InChI is InChI=1S/C21H23FN2O2/c1-15-4-2-3-5-19(15)23-20(25)14-24-12-10-17(11-13-24)21(26)16-6-8-18(22)9-7-16/h2-9,17H,10-14H2,1H3,(H,23,25). The summed E-state index contributed by atoms with van der Waals surface area (Å²) in [6.07, 6.45) is 1.43. The number of rotatable bonds is 5. The monoisotopic (exact) mass is 354 g/mol. The van der Waals surface area contributed by atoms with Gasteiger partial charge in [0.15, 0.2) is 5.78 Å². The lowest BCUT2D eigenvalue weighted by Gasteiger charge is -2.30. The molecule has 2 aromatic rings. The van der Waals surface area contributed by atoms with Crippen LogP contribution >= 0.6 is 0 Å². The Kier molecular flexibility index (Phi) is 5.78. The van der Waals surface area contributed by atoms with Gasteiger partial charge in [-0.3, -0.25) is 14.5 Å². The lowest BCUT2D eigenvalue weighted by Crippen LogP contribution is -2.40. The molecule has 4 nitrogen and oxygen atoms in total. The van der Waals surface area contributed by atoms with Crippen LogP contribution in [0.25, 0.3) is 0 Å². The van der Waals surface area contributed by atoms with Crippen molar-refractivity contribution in [1.82, 2.24) is 4.90 Å². The van der Waals surface area contributed by atoms with Crippen LogP contribution in [0.4, 0.5) is 10.1 Å². The maximum absolute atomic E-state index is 13.0. The molecule has 1 aliphatic rings. The molecule has 0 saturated carbocycles. The molecule has 1 fully saturated rings. The summed E-state index contributed by atoms with van der Waals surface area (Å²) in [6.45, 7) is 3.70. The summed E-state index contributed by atoms with van der Waals surface area (Å²) >= 11 is 0. The number of hydrogen-bond donors (Lipinski definition) is 1. The molecule has 1 heterocycles. The Labute approximate surface area is 153 Å². The number of aryl methyl sites for hydroxylation is 1. The SMILES string of the molecule is Cc1ccccc1NC(=O)CN1CCC(C(=O)c2ccc(F)cc2)CC1. The van der Waals surface area contributed by atoms with Crippen molar-refractivity contribution in [2.75, 3.05) is 25.0 Å². The number of carbonyl (C=O) groups is 2. The number of benzene rings is 2. The number of carbonyl (C=O) groups excluding carboxylic acids is 2. The van der Waals surface area contributed by atoms with Gasteiger partial charge in [0.2, 0.25) is 5.91 Å². The highest BCUT2D eigenvalue weighted by molar-refractivity contribution is 5.98. The maximum Gasteiger partial charge on any atom is 0.238 e. The molecule has 136 valence electrons. The van der Waals surface area contributed by atoms with Crippen LogP contribution in [-0.2, 0) is 4.79 Å². The van der Waals surface area contributed by atoms with Crippen molar-refractivity contribution < 1.29 is 14.0 Å². The molecule has 0 unspecified atom stereocenters. The van der Waals surface area contributed by atoms with E-state index in [1.807, 2.05) is 31.2 Å². The van der Waals surface area contributed by atoms with Gasteiger partial charge in [0.25, 0.3) is 0 Å². The van der Waals surface area contributed by atoms with Gasteiger partial charge in [0, 0.05) is 17.2 Å². The van der Waals surface area contributed by atoms with Crippen molar-refractivity contribution in [3.05, 3.63) is 65.5 Å². The maximum atomic E-state index is 13.0. The summed E-state index contributed by atoms with van der Waals surface area (Å²) in [5.74, 6) is -0.371. The lowest BCUT2D eigenvalue weighted by molar-refractivity contribution is -0.117. The van der Waals surface area contributed by atoms with E-state index in [2.05, 4.69) is 10.2 Å². The molecule has 0 radical (unpaired) electrons. The van der Waals surface area contributed by atoms with Gasteiger partial charge >= 0.3 is 0 Å². The van der Waals surface area contributed by atoms with E-state index < -0.39 is 0 Å². The van der Waals surface area contributed by atoms with Crippen molar-refractivity contribution in [2.45, 2.75) is 19.8 Å². The highest BCUT2D eigenvalue weighted by Gasteiger charge is 2.26. The summed E-state index contributed by atoms with van der Waals surface area (Å²) in [7, 11) is 0. The fourth-order valence-electron chi connectivity index (χ4n) is 3.31. The van der Waals surface area contributed by atoms with E-state index in [0.717, 1.165) is 11.3 Å². The van der Waals surface area contributed by atoms with E-state index >= 15 is 0 Å². The van der Waals surface area contributed by atoms with Crippen LogP contribution in [0.3, 0.4) is 0 Å². The molecule has 0 atom stereocenters. The Balaban J connectivity index is 1.49. The Hall–Kier alpha value is -2.53. The summed E-state index contributed by atoms with van der Waals surface area (Å²) in [6, 6.07) is 13.4. The number of ketones is 1. The van der Waals surface area contributed by atoms with Crippen molar-refractivity contribution in [3.8, 4) is 0 Å². The Morgan fingerprint density at radius 3 is 2.38 bits per heavy atom. The van der Waals surface area contributed by atoms with E-state index in [0.29, 0.717) is 38.0 Å². The lowest BCUT2D eigenvalue weighted by atomic mass is 9.89. The molecular formula is C21H23FN2O2. The largest absolute Gasteiger partial charge is 0.325 e. The van der Waals surface area contributed by atoms with E-state index in [1.165, 1.54) is 12.1 Å². The van der Waals surface area contributed by atoms with Gasteiger partial charge in [-0.15, -0.1) is 0 Å². The van der Waals surface area contributed by atoms with Gasteiger partial charge in [0.05, 0.1) is 6.54 Å². The molecule has 3 rings (SSSR count). The zero-order valence-electron chi connectivity index (χ0n) is 14.9. The molecule has 26 heavy (non-hydrogen) atoms. The minimum absolute atomic E-state index is 0.0392. The first-order chi connectivity index (χ1) is 12.5. The van der Waals surface area contributed by atoms with Gasteiger partial charge in [0.1, 0.15) is 5.82 Å². The zero-order chi connectivity index (χ0) is 18.5. The number of piperidine rings is 1. The van der Waals surface area contributed by atoms with Crippen molar-refractivity contribution in [2.24, 2.45) is 5.92 Å². The summed E-state index contributed by atoms with van der Waals surface area (Å²) in [5, 5.41) is 2.94. The normalized spacial score (nSPS) is 15.6. The number of likely N-dealkylation sites (tertiary alicyclic amines) is 1. The van der Waals surface area contributed by atoms with Crippen molar-refractivity contribution >= 4 is 17.4 Å². The fraction of sp³-hybridized carbons (Fsp3) is 0.333. The van der Waals surface area contributed by atoms with Crippen LogP contribution in [0.15, 0.2) is 48.5 Å². The predicted octanol–water partition coefficient (Wildman–Crippen LogP) is 3.67. The first-order valence-corrected chi connectivity index (χ1v) is 8.90. The number of nitrogens with one attached hydrogen (secondary N) is 1. The topological polar surface area (TPSA) is 49.4 Å². The Bertz CT molecular complexity index is 781. The number of anilines is 1. The van der Waals surface area contributed by atoms with Gasteiger partial charge in [-0.05, 0) is 68.8 Å². The third-order valence-electron chi connectivity index (χ3n) is 4.87. The number of Topliss-reactive ketones (excluding diaryl/α,β-unsaturated/α-hetero) is 1. The van der Waals surface area contributed by atoms with E-state index in [-0.39, 0.29) is 23.4 Å². The van der Waals surface area contributed by atoms with Crippen LogP contribution in [0.2, 0.25) is 0 Å². The quantitative estimate of drug-likeness (QED) is 0.834. The Morgan fingerprint density at radius 2 is 1.73 bits per heavy atom. The average molecular weight is 354 g/mol. The number of hydrogen-bond acceptors (Lipinski definition) is 3. The third kappa shape index (κ3) is 4.55. The van der Waals surface area contributed by atoms with Gasteiger partial charge < -0.3 is 5.32 Å². The van der Waals surface area contributed by atoms with Crippen LogP contribution in [0, 0.1) is 18.7 Å². The molecule has 1 N–H and O–H groups in total. The molecular weight excluding hydrogens is 331 g/mol. The van der Waals surface area contributed by atoms with Crippen LogP contribution in [0.5, 0.6) is 0 Å². The Morgan fingerprint density at radius 1 is 1.08 bits per heavy atom. The van der Waals surface area contributed by atoms with Crippen LogP contribution in [-0.4, -0.2) is 36.2 Å². The molecule has 0 aromatic heterocycles. The molecule has 5 heteroatoms. The van der Waals surface area contributed by atoms with Gasteiger partial charge in [-0.2, -0.15) is 0 Å². The third-order valence-corrected chi connectivity index (χ3v) is 4.87. The number of halogens is 1. The summed E-state index contributed by atoms with van der Waals surface area (Å²) < 4.78 is 13.0. The van der Waals surface area contributed by atoms with E-state index in [9.17, 15) is 14.0 Å². The molecule has 1 aliphatic heterocycles. The minimum Gasteiger partial charge on any atom is -0.325 e.